The molecule has 0 radical (unpaired) electrons. The number of hydrogen-bond acceptors (Lipinski definition) is 5. The third kappa shape index (κ3) is 3.80. The molecular formula is C12H20BrN3O2S2. The zero-order chi connectivity index (χ0) is 14.9. The predicted molar refractivity (Wildman–Crippen MR) is 86.4 cm³/mol. The zero-order valence-electron chi connectivity index (χ0n) is 11.6. The summed E-state index contributed by atoms with van der Waals surface area (Å²) in [5, 5.41) is 0. The smallest absolute Gasteiger partial charge is 0.211 e. The van der Waals surface area contributed by atoms with Crippen LogP contribution < -0.4 is 5.73 Å². The highest BCUT2D eigenvalue weighted by Crippen LogP contribution is 2.33. The first-order chi connectivity index (χ1) is 9.29. The second kappa shape index (κ2) is 6.41. The topological polar surface area (TPSA) is 66.6 Å². The van der Waals surface area contributed by atoms with E-state index in [0.717, 1.165) is 16.9 Å². The molecule has 2 heterocycles. The van der Waals surface area contributed by atoms with Gasteiger partial charge in [-0.05, 0) is 35.0 Å². The lowest BCUT2D eigenvalue weighted by Crippen LogP contribution is -2.51. The molecule has 0 bridgehead atoms. The Morgan fingerprint density at radius 1 is 1.30 bits per heavy atom. The molecule has 2 N–H and O–H groups in total. The Hall–Kier alpha value is 0.01000. The molecular weight excluding hydrogens is 362 g/mol. The summed E-state index contributed by atoms with van der Waals surface area (Å²) in [6.07, 6.45) is 1.27. The van der Waals surface area contributed by atoms with E-state index in [-0.39, 0.29) is 12.1 Å². The van der Waals surface area contributed by atoms with E-state index >= 15 is 0 Å². The molecule has 1 fully saturated rings. The quantitative estimate of drug-likeness (QED) is 0.857. The van der Waals surface area contributed by atoms with Crippen molar-refractivity contribution >= 4 is 37.3 Å². The molecule has 5 nitrogen and oxygen atoms in total. The normalized spacial score (nSPS) is 21.8. The summed E-state index contributed by atoms with van der Waals surface area (Å²) < 4.78 is 25.7. The first kappa shape index (κ1) is 16.4. The minimum atomic E-state index is -3.09. The summed E-state index contributed by atoms with van der Waals surface area (Å²) in [5.41, 5.74) is 6.15. The van der Waals surface area contributed by atoms with Crippen LogP contribution in [0.5, 0.6) is 0 Å². The molecule has 2 rings (SSSR count). The zero-order valence-corrected chi connectivity index (χ0v) is 14.8. The van der Waals surface area contributed by atoms with Gasteiger partial charge in [0.15, 0.2) is 0 Å². The van der Waals surface area contributed by atoms with Crippen LogP contribution in [-0.4, -0.2) is 56.1 Å². The van der Waals surface area contributed by atoms with Crippen molar-refractivity contribution in [3.05, 3.63) is 20.8 Å². The second-order valence-electron chi connectivity index (χ2n) is 5.14. The van der Waals surface area contributed by atoms with E-state index in [1.54, 1.807) is 11.3 Å². The molecule has 0 aromatic carbocycles. The number of hydrogen-bond donors (Lipinski definition) is 1. The lowest BCUT2D eigenvalue weighted by molar-refractivity contribution is 0.126. The highest BCUT2D eigenvalue weighted by molar-refractivity contribution is 9.11. The van der Waals surface area contributed by atoms with E-state index in [2.05, 4.69) is 26.9 Å². The van der Waals surface area contributed by atoms with Gasteiger partial charge in [0.05, 0.1) is 16.1 Å². The minimum Gasteiger partial charge on any atom is -0.326 e. The molecule has 0 aliphatic carbocycles. The van der Waals surface area contributed by atoms with Crippen molar-refractivity contribution < 1.29 is 8.42 Å². The second-order valence-corrected chi connectivity index (χ2v) is 9.62. The maximum absolute atomic E-state index is 11.5. The predicted octanol–water partition coefficient (Wildman–Crippen LogP) is 1.48. The number of halogens is 1. The van der Waals surface area contributed by atoms with Gasteiger partial charge in [0.25, 0.3) is 0 Å². The molecule has 8 heteroatoms. The summed E-state index contributed by atoms with van der Waals surface area (Å²) in [6.45, 7) is 4.51. The molecule has 0 spiro atoms. The summed E-state index contributed by atoms with van der Waals surface area (Å²) in [5.74, 6) is 0. The fourth-order valence-corrected chi connectivity index (χ4v) is 5.07. The van der Waals surface area contributed by atoms with Gasteiger partial charge in [0, 0.05) is 37.1 Å². The molecule has 1 aromatic rings. The number of piperazine rings is 1. The van der Waals surface area contributed by atoms with Crippen LogP contribution >= 0.6 is 27.3 Å². The third-order valence-electron chi connectivity index (χ3n) is 3.52. The van der Waals surface area contributed by atoms with Gasteiger partial charge in [-0.2, -0.15) is 4.31 Å². The minimum absolute atomic E-state index is 0.00494. The van der Waals surface area contributed by atoms with Crippen molar-refractivity contribution in [2.45, 2.75) is 19.0 Å². The average Bonchev–Trinajstić information content (AvgIpc) is 2.75. The van der Waals surface area contributed by atoms with Gasteiger partial charge in [-0.1, -0.05) is 0 Å². The molecule has 1 aliphatic heterocycles. The van der Waals surface area contributed by atoms with Crippen LogP contribution in [0.15, 0.2) is 15.9 Å². The summed E-state index contributed by atoms with van der Waals surface area (Å²) >= 11 is 5.17. The lowest BCUT2D eigenvalue weighted by atomic mass is 10.1. The molecule has 0 amide bonds. The lowest BCUT2D eigenvalue weighted by Gasteiger charge is -2.39. The van der Waals surface area contributed by atoms with Crippen molar-refractivity contribution in [2.75, 3.05) is 32.4 Å². The van der Waals surface area contributed by atoms with Gasteiger partial charge in [0.1, 0.15) is 0 Å². The van der Waals surface area contributed by atoms with E-state index in [9.17, 15) is 8.42 Å². The van der Waals surface area contributed by atoms with Gasteiger partial charge >= 0.3 is 0 Å². The maximum atomic E-state index is 11.5. The molecule has 20 heavy (non-hydrogen) atoms. The monoisotopic (exact) mass is 381 g/mol. The molecule has 0 saturated carbocycles. The number of thiophene rings is 1. The van der Waals surface area contributed by atoms with Crippen LogP contribution in [-0.2, 0) is 10.0 Å². The van der Waals surface area contributed by atoms with Crippen molar-refractivity contribution in [1.29, 1.82) is 0 Å². The van der Waals surface area contributed by atoms with E-state index in [0.29, 0.717) is 13.1 Å². The highest BCUT2D eigenvalue weighted by atomic mass is 79.9. The van der Waals surface area contributed by atoms with E-state index in [1.165, 1.54) is 15.4 Å². The van der Waals surface area contributed by atoms with Crippen LogP contribution in [0.1, 0.15) is 17.8 Å². The molecule has 114 valence electrons. The van der Waals surface area contributed by atoms with E-state index in [1.807, 2.05) is 13.0 Å². The maximum Gasteiger partial charge on any atom is 0.211 e. The Morgan fingerprint density at radius 3 is 2.30 bits per heavy atom. The van der Waals surface area contributed by atoms with Crippen LogP contribution in [0, 0.1) is 0 Å². The Bertz CT molecular complexity index is 551. The van der Waals surface area contributed by atoms with Crippen LogP contribution in [0.3, 0.4) is 0 Å². The highest BCUT2D eigenvalue weighted by Gasteiger charge is 2.31. The van der Waals surface area contributed by atoms with Crippen molar-refractivity contribution in [1.82, 2.24) is 9.21 Å². The summed E-state index contributed by atoms with van der Waals surface area (Å²) in [6, 6.07) is 4.27. The van der Waals surface area contributed by atoms with E-state index in [4.69, 9.17) is 5.73 Å². The SMILES string of the molecule is CC(N)C(c1ccc(Br)s1)N1CCN(S(C)(=O)=O)CC1. The Kier molecular flexibility index (Phi) is 5.25. The van der Waals surface area contributed by atoms with Crippen molar-refractivity contribution in [3.63, 3.8) is 0 Å². The van der Waals surface area contributed by atoms with Gasteiger partial charge in [-0.15, -0.1) is 11.3 Å². The first-order valence-corrected chi connectivity index (χ1v) is 9.95. The molecule has 1 aromatic heterocycles. The van der Waals surface area contributed by atoms with Gasteiger partial charge < -0.3 is 5.73 Å². The summed E-state index contributed by atoms with van der Waals surface area (Å²) in [4.78, 5) is 3.50. The average molecular weight is 382 g/mol. The molecule has 2 unspecified atom stereocenters. The number of sulfonamides is 1. The Labute approximate surface area is 132 Å². The molecule has 1 aliphatic rings. The van der Waals surface area contributed by atoms with E-state index < -0.39 is 10.0 Å². The summed E-state index contributed by atoms with van der Waals surface area (Å²) in [7, 11) is -3.09. The fourth-order valence-electron chi connectivity index (χ4n) is 2.57. The largest absolute Gasteiger partial charge is 0.326 e. The van der Waals surface area contributed by atoms with Crippen LogP contribution in [0.2, 0.25) is 0 Å². The molecule has 2 atom stereocenters. The Balaban J connectivity index is 2.10. The number of nitrogens with two attached hydrogens (primary N) is 1. The van der Waals surface area contributed by atoms with Crippen molar-refractivity contribution in [3.8, 4) is 0 Å². The van der Waals surface area contributed by atoms with Crippen LogP contribution in [0.25, 0.3) is 0 Å². The number of rotatable bonds is 4. The van der Waals surface area contributed by atoms with Gasteiger partial charge in [-0.25, -0.2) is 8.42 Å². The van der Waals surface area contributed by atoms with Gasteiger partial charge in [-0.3, -0.25) is 4.90 Å². The molecule has 1 saturated heterocycles. The third-order valence-corrected chi connectivity index (χ3v) is 6.52. The standard InChI is InChI=1S/C12H20BrN3O2S2/c1-9(14)12(10-3-4-11(13)19-10)15-5-7-16(8-6-15)20(2,17)18/h3-4,9,12H,5-8,14H2,1-2H3. The van der Waals surface area contributed by atoms with Gasteiger partial charge in [0.2, 0.25) is 10.0 Å². The first-order valence-electron chi connectivity index (χ1n) is 6.49. The Morgan fingerprint density at radius 2 is 1.90 bits per heavy atom. The van der Waals surface area contributed by atoms with Crippen molar-refractivity contribution in [2.24, 2.45) is 5.73 Å². The van der Waals surface area contributed by atoms with Crippen LogP contribution in [0.4, 0.5) is 0 Å². The number of nitrogens with zero attached hydrogens (tertiary/aromatic N) is 2. The fraction of sp³-hybridized carbons (Fsp3) is 0.667.